The molecule has 0 bridgehead atoms. The van der Waals surface area contributed by atoms with Crippen molar-refractivity contribution in [3.05, 3.63) is 21.9 Å². The first-order valence-corrected chi connectivity index (χ1v) is 7.95. The van der Waals surface area contributed by atoms with Gasteiger partial charge < -0.3 is 9.47 Å². The number of thiophene rings is 2. The molecule has 2 aromatic rings. The molecule has 2 aromatic heterocycles. The van der Waals surface area contributed by atoms with Gasteiger partial charge in [0, 0.05) is 5.39 Å². The third-order valence-electron chi connectivity index (χ3n) is 2.30. The van der Waals surface area contributed by atoms with Gasteiger partial charge in [-0.3, -0.25) is 0 Å². The molecule has 20 heavy (non-hydrogen) atoms. The molecule has 0 spiro atoms. The normalized spacial score (nSPS) is 11.3. The van der Waals surface area contributed by atoms with E-state index in [1.54, 1.807) is 12.1 Å². The van der Waals surface area contributed by atoms with Crippen LogP contribution in [-0.4, -0.2) is 24.1 Å². The van der Waals surface area contributed by atoms with Gasteiger partial charge in [0.1, 0.15) is 9.75 Å². The molecule has 0 aromatic carbocycles. The van der Waals surface area contributed by atoms with Gasteiger partial charge in [-0.1, -0.05) is 0 Å². The van der Waals surface area contributed by atoms with Crippen molar-refractivity contribution in [3.8, 4) is 0 Å². The minimum absolute atomic E-state index is 0.140. The number of ether oxygens (including phenoxy) is 2. The van der Waals surface area contributed by atoms with E-state index >= 15 is 0 Å². The second-order valence-electron chi connectivity index (χ2n) is 4.87. The molecule has 108 valence electrons. The summed E-state index contributed by atoms with van der Waals surface area (Å²) in [4.78, 5) is 24.7. The highest BCUT2D eigenvalue weighted by Gasteiger charge is 2.18. The third-order valence-corrected chi connectivity index (χ3v) is 4.65. The van der Waals surface area contributed by atoms with Crippen LogP contribution in [0.5, 0.6) is 0 Å². The Hall–Kier alpha value is -1.40. The van der Waals surface area contributed by atoms with Crippen LogP contribution in [0.3, 0.4) is 0 Å². The maximum atomic E-state index is 11.8. The van der Waals surface area contributed by atoms with Gasteiger partial charge in [0.15, 0.2) is 0 Å². The van der Waals surface area contributed by atoms with Gasteiger partial charge in [0.2, 0.25) is 0 Å². The number of hydrogen-bond donors (Lipinski definition) is 0. The topological polar surface area (TPSA) is 52.6 Å². The van der Waals surface area contributed by atoms with E-state index in [1.807, 2.05) is 27.7 Å². The monoisotopic (exact) mass is 312 g/mol. The van der Waals surface area contributed by atoms with Crippen LogP contribution in [-0.2, 0) is 9.47 Å². The molecule has 0 saturated heterocycles. The number of rotatable bonds is 4. The lowest BCUT2D eigenvalue weighted by molar-refractivity contribution is 0.0373. The Labute approximate surface area is 125 Å². The van der Waals surface area contributed by atoms with E-state index < -0.39 is 0 Å². The number of fused-ring (bicyclic) bond motifs is 1. The van der Waals surface area contributed by atoms with E-state index in [0.717, 1.165) is 9.40 Å². The van der Waals surface area contributed by atoms with E-state index in [1.165, 1.54) is 22.7 Å². The van der Waals surface area contributed by atoms with Crippen LogP contribution < -0.4 is 0 Å². The molecule has 0 radical (unpaired) electrons. The number of carbonyl (C=O) groups excluding carboxylic acids is 2. The molecule has 0 saturated carbocycles. The molecule has 0 fully saturated rings. The van der Waals surface area contributed by atoms with Crippen LogP contribution in [0.1, 0.15) is 47.0 Å². The van der Waals surface area contributed by atoms with Crippen LogP contribution in [0, 0.1) is 0 Å². The Morgan fingerprint density at radius 1 is 0.900 bits per heavy atom. The summed E-state index contributed by atoms with van der Waals surface area (Å²) in [6.45, 7) is 7.25. The Morgan fingerprint density at radius 3 is 1.60 bits per heavy atom. The molecule has 0 aliphatic heterocycles. The summed E-state index contributed by atoms with van der Waals surface area (Å²) in [6.07, 6.45) is -0.279. The molecular formula is C14H16O4S2. The second-order valence-corrected chi connectivity index (χ2v) is 7.24. The summed E-state index contributed by atoms with van der Waals surface area (Å²) in [5, 5.41) is 0.881. The van der Waals surface area contributed by atoms with E-state index in [9.17, 15) is 9.59 Å². The first-order valence-electron chi connectivity index (χ1n) is 6.32. The molecule has 2 heterocycles. The van der Waals surface area contributed by atoms with Crippen molar-refractivity contribution in [1.29, 1.82) is 0 Å². The van der Waals surface area contributed by atoms with Crippen LogP contribution in [0.4, 0.5) is 0 Å². The van der Waals surface area contributed by atoms with Crippen molar-refractivity contribution >= 4 is 44.0 Å². The van der Waals surface area contributed by atoms with Gasteiger partial charge in [-0.2, -0.15) is 0 Å². The average molecular weight is 312 g/mol. The van der Waals surface area contributed by atoms with Crippen molar-refractivity contribution in [3.63, 3.8) is 0 Å². The molecule has 0 aliphatic rings. The summed E-state index contributed by atoms with van der Waals surface area (Å²) < 4.78 is 11.2. The van der Waals surface area contributed by atoms with Crippen molar-refractivity contribution in [2.24, 2.45) is 0 Å². The predicted octanol–water partition coefficient (Wildman–Crippen LogP) is 4.09. The largest absolute Gasteiger partial charge is 0.459 e. The summed E-state index contributed by atoms with van der Waals surface area (Å²) in [5.41, 5.74) is 0. The zero-order chi connectivity index (χ0) is 14.9. The lowest BCUT2D eigenvalue weighted by Gasteiger charge is -2.05. The summed E-state index contributed by atoms with van der Waals surface area (Å²) in [6, 6.07) is 3.51. The molecule has 4 nitrogen and oxygen atoms in total. The van der Waals surface area contributed by atoms with E-state index in [0.29, 0.717) is 9.75 Å². The van der Waals surface area contributed by atoms with Crippen LogP contribution in [0.2, 0.25) is 0 Å². The Kier molecular flexibility index (Phi) is 4.45. The summed E-state index contributed by atoms with van der Waals surface area (Å²) in [7, 11) is 0. The van der Waals surface area contributed by atoms with Gasteiger partial charge >= 0.3 is 11.9 Å². The fourth-order valence-electron chi connectivity index (χ4n) is 1.58. The minimum Gasteiger partial charge on any atom is -0.459 e. The van der Waals surface area contributed by atoms with Crippen LogP contribution >= 0.6 is 22.7 Å². The Bertz CT molecular complexity index is 554. The lowest BCUT2D eigenvalue weighted by Crippen LogP contribution is -2.10. The smallest absolute Gasteiger partial charge is 0.348 e. The highest BCUT2D eigenvalue weighted by atomic mass is 32.2. The van der Waals surface area contributed by atoms with Crippen molar-refractivity contribution in [1.82, 2.24) is 0 Å². The van der Waals surface area contributed by atoms with E-state index in [4.69, 9.17) is 9.47 Å². The molecule has 0 amide bonds. The maximum absolute atomic E-state index is 11.8. The SMILES string of the molecule is CC(C)OC(=O)c1cc2cc(C(=O)OC(C)C)sc2s1. The van der Waals surface area contributed by atoms with Gasteiger partial charge in [-0.05, 0) is 39.8 Å². The van der Waals surface area contributed by atoms with Crippen molar-refractivity contribution in [2.45, 2.75) is 39.9 Å². The fraction of sp³-hybridized carbons (Fsp3) is 0.429. The first-order chi connectivity index (χ1) is 9.36. The highest BCUT2D eigenvalue weighted by Crippen LogP contribution is 2.34. The molecule has 0 N–H and O–H groups in total. The molecule has 0 unspecified atom stereocenters. The zero-order valence-corrected chi connectivity index (χ0v) is 13.4. The number of esters is 2. The lowest BCUT2D eigenvalue weighted by atomic mass is 10.3. The highest BCUT2D eigenvalue weighted by molar-refractivity contribution is 7.39. The van der Waals surface area contributed by atoms with Gasteiger partial charge in [-0.25, -0.2) is 9.59 Å². The van der Waals surface area contributed by atoms with Gasteiger partial charge in [-0.15, -0.1) is 22.7 Å². The third kappa shape index (κ3) is 3.37. The second kappa shape index (κ2) is 5.93. The van der Waals surface area contributed by atoms with E-state index in [-0.39, 0.29) is 24.1 Å². The summed E-state index contributed by atoms with van der Waals surface area (Å²) >= 11 is 2.68. The molecular weight excluding hydrogens is 296 g/mol. The minimum atomic E-state index is -0.320. The number of carbonyl (C=O) groups is 2. The molecule has 0 atom stereocenters. The van der Waals surface area contributed by atoms with Gasteiger partial charge in [0.05, 0.1) is 16.2 Å². The Morgan fingerprint density at radius 2 is 1.30 bits per heavy atom. The first kappa shape index (κ1) is 15.0. The zero-order valence-electron chi connectivity index (χ0n) is 11.8. The van der Waals surface area contributed by atoms with Crippen LogP contribution in [0.15, 0.2) is 12.1 Å². The van der Waals surface area contributed by atoms with Crippen LogP contribution in [0.25, 0.3) is 9.40 Å². The molecule has 2 rings (SSSR count). The van der Waals surface area contributed by atoms with Crippen molar-refractivity contribution < 1.29 is 19.1 Å². The van der Waals surface area contributed by atoms with Crippen molar-refractivity contribution in [2.75, 3.05) is 0 Å². The Balaban J connectivity index is 2.19. The standard InChI is InChI=1S/C14H16O4S2/c1-7(2)17-12(15)10-5-9-6-11(20-14(9)19-10)13(16)18-8(3)4/h5-8H,1-4H3. The number of hydrogen-bond acceptors (Lipinski definition) is 6. The molecule has 0 aliphatic carbocycles. The fourth-order valence-corrected chi connectivity index (χ4v) is 3.80. The average Bonchev–Trinajstić information content (AvgIpc) is 2.83. The predicted molar refractivity (Wildman–Crippen MR) is 80.8 cm³/mol. The van der Waals surface area contributed by atoms with Gasteiger partial charge in [0.25, 0.3) is 0 Å². The molecule has 6 heteroatoms. The maximum Gasteiger partial charge on any atom is 0.348 e. The summed E-state index contributed by atoms with van der Waals surface area (Å²) in [5.74, 6) is -0.639. The van der Waals surface area contributed by atoms with E-state index in [2.05, 4.69) is 0 Å². The quantitative estimate of drug-likeness (QED) is 0.798.